The number of hydrogen-bond donors (Lipinski definition) is 2. The molecule has 0 aromatic heterocycles. The molecular formula is C23H25Cl2N3O3. The predicted octanol–water partition coefficient (Wildman–Crippen LogP) is 5.22. The van der Waals surface area contributed by atoms with Gasteiger partial charge in [0.2, 0.25) is 11.8 Å². The van der Waals surface area contributed by atoms with Gasteiger partial charge in [-0.05, 0) is 49.2 Å². The quantitative estimate of drug-likeness (QED) is 0.654. The summed E-state index contributed by atoms with van der Waals surface area (Å²) >= 11 is 12.0. The lowest BCUT2D eigenvalue weighted by Gasteiger charge is -2.24. The Labute approximate surface area is 191 Å². The summed E-state index contributed by atoms with van der Waals surface area (Å²) in [5, 5.41) is 6.45. The van der Waals surface area contributed by atoms with Gasteiger partial charge in [-0.2, -0.15) is 0 Å². The van der Waals surface area contributed by atoms with E-state index in [-0.39, 0.29) is 17.7 Å². The first-order chi connectivity index (χ1) is 14.5. The smallest absolute Gasteiger partial charge is 0.254 e. The molecule has 0 bridgehead atoms. The highest BCUT2D eigenvalue weighted by Gasteiger charge is 2.34. The molecule has 3 rings (SSSR count). The van der Waals surface area contributed by atoms with E-state index >= 15 is 0 Å². The summed E-state index contributed by atoms with van der Waals surface area (Å²) < 4.78 is 0. The fraction of sp³-hybridized carbons (Fsp3) is 0.348. The minimum atomic E-state index is -0.599. The lowest BCUT2D eigenvalue weighted by Crippen LogP contribution is -2.43. The number of nitrogens with zero attached hydrogens (tertiary/aromatic N) is 1. The minimum absolute atomic E-state index is 0.143. The van der Waals surface area contributed by atoms with Crippen molar-refractivity contribution in [2.45, 2.75) is 39.7 Å². The topological polar surface area (TPSA) is 78.5 Å². The Bertz CT molecular complexity index is 997. The number of amides is 3. The van der Waals surface area contributed by atoms with Gasteiger partial charge in [-0.15, -0.1) is 0 Å². The van der Waals surface area contributed by atoms with Crippen LogP contribution in [0.2, 0.25) is 10.0 Å². The minimum Gasteiger partial charge on any atom is -0.327 e. The molecule has 2 N–H and O–H groups in total. The molecule has 1 atom stereocenters. The van der Waals surface area contributed by atoms with Crippen molar-refractivity contribution in [2.24, 2.45) is 5.41 Å². The number of likely N-dealkylation sites (tertiary alicyclic amines) is 1. The summed E-state index contributed by atoms with van der Waals surface area (Å²) in [6.07, 6.45) is 1.28. The lowest BCUT2D eigenvalue weighted by atomic mass is 9.95. The van der Waals surface area contributed by atoms with Gasteiger partial charge in [0.1, 0.15) is 6.04 Å². The van der Waals surface area contributed by atoms with Crippen LogP contribution in [-0.2, 0) is 9.59 Å². The van der Waals surface area contributed by atoms with E-state index in [1.807, 2.05) is 20.8 Å². The molecule has 1 saturated heterocycles. The molecule has 0 spiro atoms. The number of rotatable bonds is 4. The molecule has 0 radical (unpaired) electrons. The standard InChI is InChI=1S/C23H25Cl2N3O3/c1-23(2,3)22(31)27-17-7-4-6-14(10-17)21(30)28-9-5-8-19(28)20(29)26-18-12-15(24)11-16(25)13-18/h4,6-7,10-13,19H,5,8-9H2,1-3H3,(H,26,29)(H,27,31). The lowest BCUT2D eigenvalue weighted by molar-refractivity contribution is -0.123. The van der Waals surface area contributed by atoms with Crippen LogP contribution in [0.25, 0.3) is 0 Å². The van der Waals surface area contributed by atoms with Gasteiger partial charge in [-0.3, -0.25) is 14.4 Å². The average Bonchev–Trinajstić information content (AvgIpc) is 3.16. The van der Waals surface area contributed by atoms with Gasteiger partial charge in [0.05, 0.1) is 0 Å². The van der Waals surface area contributed by atoms with E-state index < -0.39 is 11.5 Å². The van der Waals surface area contributed by atoms with Crippen molar-refractivity contribution in [2.75, 3.05) is 17.2 Å². The van der Waals surface area contributed by atoms with Gasteiger partial charge in [0.25, 0.3) is 5.91 Å². The van der Waals surface area contributed by atoms with Crippen LogP contribution in [0.1, 0.15) is 44.0 Å². The summed E-state index contributed by atoms with van der Waals surface area (Å²) in [6, 6.07) is 11.0. The largest absolute Gasteiger partial charge is 0.327 e. The van der Waals surface area contributed by atoms with Crippen molar-refractivity contribution in [3.8, 4) is 0 Å². The first kappa shape index (κ1) is 23.1. The van der Waals surface area contributed by atoms with Crippen LogP contribution < -0.4 is 10.6 Å². The summed E-state index contributed by atoms with van der Waals surface area (Å²) in [7, 11) is 0. The zero-order valence-corrected chi connectivity index (χ0v) is 19.2. The SMILES string of the molecule is CC(C)(C)C(=O)Nc1cccc(C(=O)N2CCCC2C(=O)Nc2cc(Cl)cc(Cl)c2)c1. The highest BCUT2D eigenvalue weighted by molar-refractivity contribution is 6.35. The van der Waals surface area contributed by atoms with E-state index in [2.05, 4.69) is 10.6 Å². The van der Waals surface area contributed by atoms with Crippen LogP contribution in [0.5, 0.6) is 0 Å². The third kappa shape index (κ3) is 5.77. The van der Waals surface area contributed by atoms with Crippen LogP contribution in [0.3, 0.4) is 0 Å². The highest BCUT2D eigenvalue weighted by atomic mass is 35.5. The molecule has 3 amide bonds. The van der Waals surface area contributed by atoms with Crippen molar-refractivity contribution in [1.82, 2.24) is 4.90 Å². The summed E-state index contributed by atoms with van der Waals surface area (Å²) in [5.74, 6) is -0.689. The van der Waals surface area contributed by atoms with Crippen molar-refractivity contribution in [3.05, 3.63) is 58.1 Å². The molecule has 31 heavy (non-hydrogen) atoms. The second kappa shape index (κ2) is 9.28. The molecule has 164 valence electrons. The van der Waals surface area contributed by atoms with Crippen molar-refractivity contribution < 1.29 is 14.4 Å². The molecule has 1 fully saturated rings. The fourth-order valence-corrected chi connectivity index (χ4v) is 3.87. The molecule has 1 heterocycles. The number of benzene rings is 2. The Morgan fingerprint density at radius 2 is 1.65 bits per heavy atom. The number of carbonyl (C=O) groups is 3. The van der Waals surface area contributed by atoms with Crippen molar-refractivity contribution in [3.63, 3.8) is 0 Å². The Morgan fingerprint density at radius 1 is 0.968 bits per heavy atom. The summed E-state index contributed by atoms with van der Waals surface area (Å²) in [5.41, 5.74) is 0.881. The van der Waals surface area contributed by atoms with Gasteiger partial charge in [-0.25, -0.2) is 0 Å². The maximum atomic E-state index is 13.1. The molecule has 2 aromatic carbocycles. The van der Waals surface area contributed by atoms with E-state index in [1.165, 1.54) is 0 Å². The van der Waals surface area contributed by atoms with Crippen LogP contribution in [0, 0.1) is 5.41 Å². The Balaban J connectivity index is 1.74. The molecule has 1 aliphatic rings. The predicted molar refractivity (Wildman–Crippen MR) is 124 cm³/mol. The van der Waals surface area contributed by atoms with E-state index in [4.69, 9.17) is 23.2 Å². The molecule has 2 aromatic rings. The first-order valence-corrected chi connectivity index (χ1v) is 10.8. The van der Waals surface area contributed by atoms with E-state index in [0.717, 1.165) is 6.42 Å². The molecule has 1 unspecified atom stereocenters. The monoisotopic (exact) mass is 461 g/mol. The first-order valence-electron chi connectivity index (χ1n) is 10.0. The molecule has 1 aliphatic heterocycles. The number of hydrogen-bond acceptors (Lipinski definition) is 3. The zero-order chi connectivity index (χ0) is 22.8. The molecule has 0 saturated carbocycles. The van der Waals surface area contributed by atoms with Crippen LogP contribution in [0.15, 0.2) is 42.5 Å². The molecule has 0 aliphatic carbocycles. The maximum Gasteiger partial charge on any atom is 0.254 e. The van der Waals surface area contributed by atoms with Crippen LogP contribution in [0.4, 0.5) is 11.4 Å². The number of nitrogens with one attached hydrogen (secondary N) is 2. The third-order valence-corrected chi connectivity index (χ3v) is 5.43. The number of carbonyl (C=O) groups excluding carboxylic acids is 3. The zero-order valence-electron chi connectivity index (χ0n) is 17.7. The average molecular weight is 462 g/mol. The summed E-state index contributed by atoms with van der Waals surface area (Å²) in [6.45, 7) is 5.93. The fourth-order valence-electron chi connectivity index (χ4n) is 3.35. The second-order valence-corrected chi connectivity index (χ2v) is 9.46. The molecular weight excluding hydrogens is 437 g/mol. The van der Waals surface area contributed by atoms with Gasteiger partial charge in [-0.1, -0.05) is 50.0 Å². The van der Waals surface area contributed by atoms with Crippen molar-refractivity contribution in [1.29, 1.82) is 0 Å². The van der Waals surface area contributed by atoms with E-state index in [0.29, 0.717) is 39.9 Å². The van der Waals surface area contributed by atoms with Gasteiger partial charge in [0, 0.05) is 38.9 Å². The maximum absolute atomic E-state index is 13.1. The summed E-state index contributed by atoms with van der Waals surface area (Å²) in [4.78, 5) is 39.8. The van der Waals surface area contributed by atoms with Crippen LogP contribution in [-0.4, -0.2) is 35.2 Å². The van der Waals surface area contributed by atoms with E-state index in [1.54, 1.807) is 47.4 Å². The highest BCUT2D eigenvalue weighted by Crippen LogP contribution is 2.26. The number of anilines is 2. The Hall–Kier alpha value is -2.57. The van der Waals surface area contributed by atoms with Gasteiger partial charge in [0.15, 0.2) is 0 Å². The molecule has 8 heteroatoms. The van der Waals surface area contributed by atoms with Gasteiger partial charge >= 0.3 is 0 Å². The van der Waals surface area contributed by atoms with Gasteiger partial charge < -0.3 is 15.5 Å². The molecule has 6 nitrogen and oxygen atoms in total. The number of halogens is 2. The third-order valence-electron chi connectivity index (χ3n) is 4.99. The second-order valence-electron chi connectivity index (χ2n) is 8.59. The van der Waals surface area contributed by atoms with E-state index in [9.17, 15) is 14.4 Å². The normalized spacial score (nSPS) is 16.2. The van der Waals surface area contributed by atoms with Crippen LogP contribution >= 0.6 is 23.2 Å². The Kier molecular flexibility index (Phi) is 6.92. The van der Waals surface area contributed by atoms with Crippen molar-refractivity contribution >= 4 is 52.3 Å². The Morgan fingerprint density at radius 3 is 2.29 bits per heavy atom.